The van der Waals surface area contributed by atoms with Crippen LogP contribution in [0.1, 0.15) is 18.1 Å². The van der Waals surface area contributed by atoms with Gasteiger partial charge in [0.25, 0.3) is 0 Å². The number of ether oxygens (including phenoxy) is 1. The zero-order valence-corrected chi connectivity index (χ0v) is 10.8. The highest BCUT2D eigenvalue weighted by Gasteiger charge is 2.06. The molecule has 0 aliphatic carbocycles. The molecular weight excluding hydrogens is 248 g/mol. The Labute approximate surface area is 111 Å². The lowest BCUT2D eigenvalue weighted by Crippen LogP contribution is -2.01. The Balaban J connectivity index is 2.65. The molecule has 0 N–H and O–H groups in total. The number of carbonyl (C=O) groups excluding carboxylic acids is 1. The number of fused-ring (bicyclic) bond motifs is 1. The summed E-state index contributed by atoms with van der Waals surface area (Å²) in [6, 6.07) is 9.47. The standard InChI is InChI=1S/C15H13ClO2/c1-3-11-4-5-12(9-16)15-8-13(18-10(2)17)6-7-14(11)15/h3-8H,1,9H2,2H3. The van der Waals surface area contributed by atoms with Crippen LogP contribution in [0.25, 0.3) is 16.8 Å². The largest absolute Gasteiger partial charge is 0.427 e. The molecule has 0 aliphatic rings. The monoisotopic (exact) mass is 260 g/mol. The highest BCUT2D eigenvalue weighted by Crippen LogP contribution is 2.28. The number of carbonyl (C=O) groups is 1. The van der Waals surface area contributed by atoms with Crippen LogP contribution in [0.4, 0.5) is 0 Å². The van der Waals surface area contributed by atoms with E-state index in [-0.39, 0.29) is 5.97 Å². The van der Waals surface area contributed by atoms with Crippen LogP contribution in [0.2, 0.25) is 0 Å². The second kappa shape index (κ2) is 5.23. The van der Waals surface area contributed by atoms with Crippen molar-refractivity contribution in [3.63, 3.8) is 0 Å². The van der Waals surface area contributed by atoms with Crippen LogP contribution in [0, 0.1) is 0 Å². The van der Waals surface area contributed by atoms with Gasteiger partial charge in [0.15, 0.2) is 0 Å². The summed E-state index contributed by atoms with van der Waals surface area (Å²) in [6.07, 6.45) is 1.80. The molecule has 2 rings (SSSR count). The summed E-state index contributed by atoms with van der Waals surface area (Å²) in [5.41, 5.74) is 2.04. The first-order chi connectivity index (χ1) is 8.65. The zero-order valence-electron chi connectivity index (χ0n) is 10.1. The van der Waals surface area contributed by atoms with Gasteiger partial charge in [-0.05, 0) is 34.0 Å². The van der Waals surface area contributed by atoms with E-state index in [0.29, 0.717) is 11.6 Å². The quantitative estimate of drug-likeness (QED) is 0.471. The van der Waals surface area contributed by atoms with Gasteiger partial charge >= 0.3 is 5.97 Å². The SMILES string of the molecule is C=Cc1ccc(CCl)c2cc(OC(C)=O)ccc12. The van der Waals surface area contributed by atoms with Gasteiger partial charge in [-0.1, -0.05) is 30.9 Å². The normalized spacial score (nSPS) is 10.3. The topological polar surface area (TPSA) is 26.3 Å². The molecule has 0 saturated heterocycles. The van der Waals surface area contributed by atoms with E-state index in [1.54, 1.807) is 12.1 Å². The zero-order chi connectivity index (χ0) is 13.1. The minimum Gasteiger partial charge on any atom is -0.427 e. The fourth-order valence-electron chi connectivity index (χ4n) is 1.93. The van der Waals surface area contributed by atoms with Crippen molar-refractivity contribution in [3.05, 3.63) is 48.0 Å². The molecule has 0 saturated carbocycles. The molecule has 3 heteroatoms. The summed E-state index contributed by atoms with van der Waals surface area (Å²) in [7, 11) is 0. The third kappa shape index (κ3) is 2.39. The second-order valence-electron chi connectivity index (χ2n) is 3.95. The van der Waals surface area contributed by atoms with Crippen molar-refractivity contribution in [1.29, 1.82) is 0 Å². The second-order valence-corrected chi connectivity index (χ2v) is 4.22. The first kappa shape index (κ1) is 12.7. The molecule has 92 valence electrons. The van der Waals surface area contributed by atoms with Crippen molar-refractivity contribution in [3.8, 4) is 5.75 Å². The summed E-state index contributed by atoms with van der Waals surface area (Å²) in [4.78, 5) is 11.0. The third-order valence-corrected chi connectivity index (χ3v) is 3.03. The number of benzene rings is 2. The molecule has 0 unspecified atom stereocenters. The lowest BCUT2D eigenvalue weighted by atomic mass is 10.00. The van der Waals surface area contributed by atoms with Crippen LogP contribution >= 0.6 is 11.6 Å². The Morgan fingerprint density at radius 2 is 2.11 bits per heavy atom. The van der Waals surface area contributed by atoms with Gasteiger partial charge < -0.3 is 4.74 Å². The lowest BCUT2D eigenvalue weighted by molar-refractivity contribution is -0.131. The Bertz CT molecular complexity index is 617. The lowest BCUT2D eigenvalue weighted by Gasteiger charge is -2.09. The van der Waals surface area contributed by atoms with Gasteiger partial charge in [0.1, 0.15) is 5.75 Å². The molecule has 0 fully saturated rings. The molecule has 2 aromatic rings. The van der Waals surface area contributed by atoms with Gasteiger partial charge in [-0.15, -0.1) is 11.6 Å². The average Bonchev–Trinajstić information content (AvgIpc) is 2.36. The highest BCUT2D eigenvalue weighted by atomic mass is 35.5. The Hall–Kier alpha value is -1.80. The number of esters is 1. The van der Waals surface area contributed by atoms with Gasteiger partial charge in [0.05, 0.1) is 0 Å². The number of hydrogen-bond donors (Lipinski definition) is 0. The predicted octanol–water partition coefficient (Wildman–Crippen LogP) is 4.15. The van der Waals surface area contributed by atoms with E-state index in [9.17, 15) is 4.79 Å². The minimum atomic E-state index is -0.332. The maximum atomic E-state index is 11.0. The summed E-state index contributed by atoms with van der Waals surface area (Å²) in [5.74, 6) is 0.612. The maximum absolute atomic E-state index is 11.0. The first-order valence-corrected chi connectivity index (χ1v) is 6.11. The van der Waals surface area contributed by atoms with Gasteiger partial charge in [-0.3, -0.25) is 4.79 Å². The van der Waals surface area contributed by atoms with E-state index >= 15 is 0 Å². The third-order valence-electron chi connectivity index (χ3n) is 2.74. The molecule has 18 heavy (non-hydrogen) atoms. The molecular formula is C15H13ClO2. The molecule has 0 atom stereocenters. The minimum absolute atomic E-state index is 0.332. The number of alkyl halides is 1. The Morgan fingerprint density at radius 3 is 2.72 bits per heavy atom. The number of hydrogen-bond acceptors (Lipinski definition) is 2. The molecule has 0 aliphatic heterocycles. The number of rotatable bonds is 3. The van der Waals surface area contributed by atoms with Crippen LogP contribution in [0.5, 0.6) is 5.75 Å². The molecule has 2 aromatic carbocycles. The van der Waals surface area contributed by atoms with Crippen molar-refractivity contribution in [1.82, 2.24) is 0 Å². The van der Waals surface area contributed by atoms with Gasteiger partial charge in [0, 0.05) is 12.8 Å². The first-order valence-electron chi connectivity index (χ1n) is 5.58. The Morgan fingerprint density at radius 1 is 1.33 bits per heavy atom. The van der Waals surface area contributed by atoms with Crippen molar-refractivity contribution in [2.75, 3.05) is 0 Å². The molecule has 0 bridgehead atoms. The predicted molar refractivity (Wildman–Crippen MR) is 74.9 cm³/mol. The number of halogens is 1. The maximum Gasteiger partial charge on any atom is 0.308 e. The smallest absolute Gasteiger partial charge is 0.308 e. The molecule has 0 radical (unpaired) electrons. The molecule has 0 amide bonds. The van der Waals surface area contributed by atoms with E-state index in [2.05, 4.69) is 6.58 Å². The summed E-state index contributed by atoms with van der Waals surface area (Å²) in [6.45, 7) is 5.17. The van der Waals surface area contributed by atoms with E-state index < -0.39 is 0 Å². The fraction of sp³-hybridized carbons (Fsp3) is 0.133. The Kier molecular flexibility index (Phi) is 3.68. The highest BCUT2D eigenvalue weighted by molar-refractivity contribution is 6.18. The van der Waals surface area contributed by atoms with E-state index in [1.165, 1.54) is 6.92 Å². The van der Waals surface area contributed by atoms with Crippen LogP contribution < -0.4 is 4.74 Å². The van der Waals surface area contributed by atoms with E-state index in [1.807, 2.05) is 24.3 Å². The van der Waals surface area contributed by atoms with Crippen molar-refractivity contribution < 1.29 is 9.53 Å². The van der Waals surface area contributed by atoms with Crippen LogP contribution in [-0.4, -0.2) is 5.97 Å². The van der Waals surface area contributed by atoms with Crippen LogP contribution in [0.15, 0.2) is 36.9 Å². The van der Waals surface area contributed by atoms with Crippen LogP contribution in [0.3, 0.4) is 0 Å². The summed E-state index contributed by atoms with van der Waals surface area (Å²) >= 11 is 5.93. The van der Waals surface area contributed by atoms with Crippen molar-refractivity contribution >= 4 is 34.4 Å². The van der Waals surface area contributed by atoms with E-state index in [0.717, 1.165) is 21.9 Å². The van der Waals surface area contributed by atoms with Gasteiger partial charge in [0.2, 0.25) is 0 Å². The van der Waals surface area contributed by atoms with Gasteiger partial charge in [-0.25, -0.2) is 0 Å². The molecule has 0 heterocycles. The molecule has 0 spiro atoms. The molecule has 2 nitrogen and oxygen atoms in total. The van der Waals surface area contributed by atoms with Crippen molar-refractivity contribution in [2.24, 2.45) is 0 Å². The summed E-state index contributed by atoms with van der Waals surface area (Å²) < 4.78 is 5.09. The van der Waals surface area contributed by atoms with E-state index in [4.69, 9.17) is 16.3 Å². The molecule has 0 aromatic heterocycles. The summed E-state index contributed by atoms with van der Waals surface area (Å²) in [5, 5.41) is 2.04. The fourth-order valence-corrected chi connectivity index (χ4v) is 2.17. The van der Waals surface area contributed by atoms with Crippen molar-refractivity contribution in [2.45, 2.75) is 12.8 Å². The average molecular weight is 261 g/mol. The van der Waals surface area contributed by atoms with Crippen LogP contribution in [-0.2, 0) is 10.7 Å². The van der Waals surface area contributed by atoms with Gasteiger partial charge in [-0.2, -0.15) is 0 Å².